The van der Waals surface area contributed by atoms with Crippen molar-refractivity contribution < 1.29 is 18.3 Å². The maximum atomic E-state index is 12.0. The van der Waals surface area contributed by atoms with Crippen molar-refractivity contribution >= 4 is 5.57 Å². The largest absolute Gasteiger partial charge is 0.418 e. The van der Waals surface area contributed by atoms with Crippen molar-refractivity contribution in [3.8, 4) is 0 Å². The first kappa shape index (κ1) is 11.8. The van der Waals surface area contributed by atoms with Gasteiger partial charge in [0.1, 0.15) is 0 Å². The number of halogens is 3. The first-order valence-corrected chi connectivity index (χ1v) is 4.40. The maximum absolute atomic E-state index is 12.0. The van der Waals surface area contributed by atoms with Gasteiger partial charge in [-0.15, -0.1) is 0 Å². The van der Waals surface area contributed by atoms with Crippen molar-refractivity contribution in [3.63, 3.8) is 0 Å². The second kappa shape index (κ2) is 4.49. The molecule has 0 aromatic heterocycles. The summed E-state index contributed by atoms with van der Waals surface area (Å²) in [5, 5.41) is 8.82. The third kappa shape index (κ3) is 3.40. The Balaban J connectivity index is 2.86. The molecule has 0 heterocycles. The highest BCUT2D eigenvalue weighted by atomic mass is 19.4. The Bertz CT molecular complexity index is 341. The smallest absolute Gasteiger partial charge is 0.380 e. The number of alkyl halides is 3. The number of allylic oxidation sites excluding steroid dienone is 1. The van der Waals surface area contributed by atoms with Crippen molar-refractivity contribution in [2.45, 2.75) is 19.2 Å². The fourth-order valence-corrected chi connectivity index (χ4v) is 1.13. The van der Waals surface area contributed by atoms with E-state index in [2.05, 4.69) is 0 Å². The van der Waals surface area contributed by atoms with Crippen LogP contribution in [0.15, 0.2) is 36.4 Å². The van der Waals surface area contributed by atoms with Gasteiger partial charge in [-0.1, -0.05) is 30.3 Å². The molecule has 1 unspecified atom stereocenters. The summed E-state index contributed by atoms with van der Waals surface area (Å²) in [6, 6.07) is 8.61. The van der Waals surface area contributed by atoms with Crippen LogP contribution in [0.1, 0.15) is 12.5 Å². The molecular weight excluding hydrogens is 205 g/mol. The van der Waals surface area contributed by atoms with Crippen LogP contribution in [0.25, 0.3) is 5.57 Å². The Morgan fingerprint density at radius 2 is 1.80 bits per heavy atom. The van der Waals surface area contributed by atoms with Gasteiger partial charge in [0.15, 0.2) is 6.10 Å². The van der Waals surface area contributed by atoms with Crippen LogP contribution in [-0.2, 0) is 0 Å². The highest BCUT2D eigenvalue weighted by Crippen LogP contribution is 2.24. The Hall–Kier alpha value is -1.29. The highest BCUT2D eigenvalue weighted by Gasteiger charge is 2.36. The standard InChI is InChI=1S/C11H11F3O/c1-8(7-10(15)11(12,13)14)9-5-3-2-4-6-9/h2-7,10,15H,1H3. The zero-order valence-corrected chi connectivity index (χ0v) is 8.12. The average Bonchev–Trinajstić information content (AvgIpc) is 2.17. The van der Waals surface area contributed by atoms with Crippen molar-refractivity contribution in [2.75, 3.05) is 0 Å². The van der Waals surface area contributed by atoms with E-state index in [0.717, 1.165) is 6.08 Å². The average molecular weight is 216 g/mol. The number of aliphatic hydroxyl groups is 1. The molecule has 1 rings (SSSR count). The van der Waals surface area contributed by atoms with Crippen LogP contribution >= 0.6 is 0 Å². The predicted molar refractivity (Wildman–Crippen MR) is 52.2 cm³/mol. The minimum absolute atomic E-state index is 0.403. The van der Waals surface area contributed by atoms with Crippen LogP contribution in [0.2, 0.25) is 0 Å². The van der Waals surface area contributed by atoms with Crippen LogP contribution in [-0.4, -0.2) is 17.4 Å². The number of hydrogen-bond acceptors (Lipinski definition) is 1. The topological polar surface area (TPSA) is 20.2 Å². The minimum atomic E-state index is -4.60. The summed E-state index contributed by atoms with van der Waals surface area (Å²) >= 11 is 0. The van der Waals surface area contributed by atoms with Gasteiger partial charge in [-0.25, -0.2) is 0 Å². The van der Waals surface area contributed by atoms with Crippen LogP contribution in [0.5, 0.6) is 0 Å². The SMILES string of the molecule is CC(=CC(O)C(F)(F)F)c1ccccc1. The molecule has 0 fully saturated rings. The molecule has 4 heteroatoms. The summed E-state index contributed by atoms with van der Waals surface area (Å²) in [5.41, 5.74) is 1.07. The maximum Gasteiger partial charge on any atom is 0.418 e. The lowest BCUT2D eigenvalue weighted by atomic mass is 10.1. The van der Waals surface area contributed by atoms with Gasteiger partial charge in [-0.2, -0.15) is 13.2 Å². The van der Waals surface area contributed by atoms with Gasteiger partial charge >= 0.3 is 6.18 Å². The van der Waals surface area contributed by atoms with E-state index in [1.807, 2.05) is 0 Å². The van der Waals surface area contributed by atoms with Gasteiger partial charge in [0.25, 0.3) is 0 Å². The van der Waals surface area contributed by atoms with Gasteiger partial charge in [0, 0.05) is 0 Å². The summed E-state index contributed by atoms with van der Waals surface area (Å²) in [6.45, 7) is 1.53. The Morgan fingerprint density at radius 3 is 2.27 bits per heavy atom. The van der Waals surface area contributed by atoms with Crippen molar-refractivity contribution in [1.82, 2.24) is 0 Å². The molecule has 0 radical (unpaired) electrons. The van der Waals surface area contributed by atoms with Crippen LogP contribution in [0, 0.1) is 0 Å². The zero-order valence-electron chi connectivity index (χ0n) is 8.12. The molecule has 15 heavy (non-hydrogen) atoms. The number of aliphatic hydroxyl groups excluding tert-OH is 1. The van der Waals surface area contributed by atoms with E-state index < -0.39 is 12.3 Å². The van der Waals surface area contributed by atoms with E-state index in [9.17, 15) is 13.2 Å². The summed E-state index contributed by atoms with van der Waals surface area (Å²) in [5.74, 6) is 0. The molecule has 0 aliphatic rings. The molecule has 1 N–H and O–H groups in total. The Morgan fingerprint density at radius 1 is 1.27 bits per heavy atom. The minimum Gasteiger partial charge on any atom is -0.380 e. The molecule has 1 aromatic carbocycles. The molecule has 0 saturated carbocycles. The normalized spacial score (nSPS) is 15.1. The number of rotatable bonds is 2. The predicted octanol–water partition coefficient (Wildman–Crippen LogP) is 3.01. The van der Waals surface area contributed by atoms with Crippen LogP contribution < -0.4 is 0 Å². The third-order valence-corrected chi connectivity index (χ3v) is 1.97. The highest BCUT2D eigenvalue weighted by molar-refractivity contribution is 5.63. The molecule has 0 aliphatic carbocycles. The van der Waals surface area contributed by atoms with Gasteiger partial charge in [-0.05, 0) is 24.1 Å². The molecule has 1 atom stereocenters. The molecule has 0 amide bonds. The number of benzene rings is 1. The second-order valence-corrected chi connectivity index (χ2v) is 3.20. The molecule has 0 spiro atoms. The lowest BCUT2D eigenvalue weighted by Crippen LogP contribution is -2.26. The summed E-state index contributed by atoms with van der Waals surface area (Å²) < 4.78 is 36.1. The van der Waals surface area contributed by atoms with E-state index in [4.69, 9.17) is 5.11 Å². The van der Waals surface area contributed by atoms with E-state index in [-0.39, 0.29) is 0 Å². The lowest BCUT2D eigenvalue weighted by molar-refractivity contribution is -0.187. The third-order valence-electron chi connectivity index (χ3n) is 1.97. The quantitative estimate of drug-likeness (QED) is 0.805. The first-order valence-electron chi connectivity index (χ1n) is 4.40. The van der Waals surface area contributed by atoms with E-state index in [1.54, 1.807) is 30.3 Å². The van der Waals surface area contributed by atoms with Crippen molar-refractivity contribution in [1.29, 1.82) is 0 Å². The molecule has 82 valence electrons. The van der Waals surface area contributed by atoms with Gasteiger partial charge in [0.05, 0.1) is 0 Å². The Labute approximate surface area is 85.9 Å². The first-order chi connectivity index (χ1) is 6.91. The molecule has 0 bridgehead atoms. The van der Waals surface area contributed by atoms with Gasteiger partial charge < -0.3 is 5.11 Å². The molecule has 0 aliphatic heterocycles. The second-order valence-electron chi connectivity index (χ2n) is 3.20. The monoisotopic (exact) mass is 216 g/mol. The zero-order chi connectivity index (χ0) is 11.5. The summed E-state index contributed by atoms with van der Waals surface area (Å²) in [7, 11) is 0. The van der Waals surface area contributed by atoms with Crippen molar-refractivity contribution in [2.24, 2.45) is 0 Å². The van der Waals surface area contributed by atoms with E-state index in [1.165, 1.54) is 6.92 Å². The molecular formula is C11H11F3O. The molecule has 1 nitrogen and oxygen atoms in total. The molecule has 0 saturated heterocycles. The van der Waals surface area contributed by atoms with E-state index >= 15 is 0 Å². The summed E-state index contributed by atoms with van der Waals surface area (Å²) in [4.78, 5) is 0. The fraction of sp³-hybridized carbons (Fsp3) is 0.273. The summed E-state index contributed by atoms with van der Waals surface area (Å²) in [6.07, 6.45) is -6.21. The van der Waals surface area contributed by atoms with Gasteiger partial charge in [-0.3, -0.25) is 0 Å². The van der Waals surface area contributed by atoms with Crippen LogP contribution in [0.3, 0.4) is 0 Å². The van der Waals surface area contributed by atoms with Crippen LogP contribution in [0.4, 0.5) is 13.2 Å². The fourth-order valence-electron chi connectivity index (χ4n) is 1.13. The lowest BCUT2D eigenvalue weighted by Gasteiger charge is -2.11. The molecule has 1 aromatic rings. The van der Waals surface area contributed by atoms with Gasteiger partial charge in [0.2, 0.25) is 0 Å². The number of hydrogen-bond donors (Lipinski definition) is 1. The Kier molecular flexibility index (Phi) is 3.52. The van der Waals surface area contributed by atoms with E-state index in [0.29, 0.717) is 11.1 Å². The van der Waals surface area contributed by atoms with Crippen molar-refractivity contribution in [3.05, 3.63) is 42.0 Å².